The summed E-state index contributed by atoms with van der Waals surface area (Å²) in [6.45, 7) is 1.45. The molecule has 100 valence electrons. The van der Waals surface area contributed by atoms with Crippen LogP contribution < -0.4 is 5.73 Å². The van der Waals surface area contributed by atoms with Crippen LogP contribution in [0.3, 0.4) is 0 Å². The van der Waals surface area contributed by atoms with E-state index < -0.39 is 0 Å². The van der Waals surface area contributed by atoms with Gasteiger partial charge in [-0.1, -0.05) is 11.6 Å². The normalized spacial score (nSPS) is 20.2. The molecule has 5 heteroatoms. The minimum Gasteiger partial charge on any atom is -0.345 e. The summed E-state index contributed by atoms with van der Waals surface area (Å²) in [5, 5.41) is 0.605. The third-order valence-corrected chi connectivity index (χ3v) is 3.79. The molecule has 1 unspecified atom stereocenters. The third kappa shape index (κ3) is 2.70. The van der Waals surface area contributed by atoms with Gasteiger partial charge in [0.1, 0.15) is 5.69 Å². The maximum absolute atomic E-state index is 12.5. The van der Waals surface area contributed by atoms with Gasteiger partial charge in [-0.25, -0.2) is 0 Å². The molecule has 0 bridgehead atoms. The van der Waals surface area contributed by atoms with Crippen molar-refractivity contribution in [1.29, 1.82) is 0 Å². The Bertz CT molecular complexity index is 428. The Kier molecular flexibility index (Phi) is 4.30. The highest BCUT2D eigenvalue weighted by Gasteiger charge is 2.28. The maximum atomic E-state index is 12.5. The highest BCUT2D eigenvalue weighted by Crippen LogP contribution is 2.23. The lowest BCUT2D eigenvalue weighted by molar-refractivity contribution is 0.0595. The Labute approximate surface area is 113 Å². The molecule has 2 rings (SSSR count). The number of amides is 1. The molecule has 1 amide bonds. The molecule has 1 aliphatic rings. The lowest BCUT2D eigenvalue weighted by Crippen LogP contribution is -2.45. The fourth-order valence-corrected chi connectivity index (χ4v) is 2.89. The van der Waals surface area contributed by atoms with Crippen LogP contribution in [-0.2, 0) is 7.05 Å². The summed E-state index contributed by atoms with van der Waals surface area (Å²) in [6, 6.07) is 2.02. The van der Waals surface area contributed by atoms with Crippen LogP contribution in [0.15, 0.2) is 12.3 Å². The van der Waals surface area contributed by atoms with Gasteiger partial charge < -0.3 is 15.2 Å². The summed E-state index contributed by atoms with van der Waals surface area (Å²) in [7, 11) is 1.85. The van der Waals surface area contributed by atoms with Crippen LogP contribution >= 0.6 is 11.6 Å². The second kappa shape index (κ2) is 5.76. The van der Waals surface area contributed by atoms with Crippen LogP contribution in [0, 0.1) is 0 Å². The minimum absolute atomic E-state index is 0.0718. The number of halogens is 1. The number of carbonyl (C=O) groups excluding carboxylic acids is 1. The average molecular weight is 270 g/mol. The zero-order chi connectivity index (χ0) is 13.1. The molecule has 1 aliphatic heterocycles. The molecule has 18 heavy (non-hydrogen) atoms. The number of piperidine rings is 1. The molecular weight excluding hydrogens is 250 g/mol. The number of aromatic nitrogens is 1. The van der Waals surface area contributed by atoms with E-state index in [4.69, 9.17) is 17.3 Å². The Morgan fingerprint density at radius 3 is 2.94 bits per heavy atom. The van der Waals surface area contributed by atoms with Crippen molar-refractivity contribution in [3.8, 4) is 0 Å². The van der Waals surface area contributed by atoms with Crippen LogP contribution in [0.2, 0.25) is 5.02 Å². The van der Waals surface area contributed by atoms with Gasteiger partial charge in [-0.3, -0.25) is 4.79 Å². The quantitative estimate of drug-likeness (QED) is 0.913. The Balaban J connectivity index is 2.18. The van der Waals surface area contributed by atoms with Crippen LogP contribution in [0.1, 0.15) is 36.2 Å². The zero-order valence-corrected chi connectivity index (χ0v) is 11.5. The molecule has 0 spiro atoms. The molecule has 1 atom stereocenters. The van der Waals surface area contributed by atoms with E-state index in [-0.39, 0.29) is 11.9 Å². The molecule has 0 radical (unpaired) electrons. The van der Waals surface area contributed by atoms with Crippen molar-refractivity contribution in [3.05, 3.63) is 23.0 Å². The predicted octanol–water partition coefficient (Wildman–Crippen LogP) is 2.02. The summed E-state index contributed by atoms with van der Waals surface area (Å²) >= 11 is 5.93. The Morgan fingerprint density at radius 1 is 1.56 bits per heavy atom. The number of aryl methyl sites for hydroxylation is 1. The van der Waals surface area contributed by atoms with Crippen molar-refractivity contribution in [2.45, 2.75) is 31.7 Å². The molecule has 0 aliphatic carbocycles. The fraction of sp³-hybridized carbons (Fsp3) is 0.615. The highest BCUT2D eigenvalue weighted by molar-refractivity contribution is 6.31. The van der Waals surface area contributed by atoms with Crippen LogP contribution in [-0.4, -0.2) is 34.5 Å². The number of carbonyl (C=O) groups is 1. The van der Waals surface area contributed by atoms with E-state index in [2.05, 4.69) is 0 Å². The van der Waals surface area contributed by atoms with Gasteiger partial charge in [0.2, 0.25) is 0 Å². The Morgan fingerprint density at radius 2 is 2.33 bits per heavy atom. The number of hydrogen-bond donors (Lipinski definition) is 1. The first-order valence-electron chi connectivity index (χ1n) is 6.46. The molecule has 1 fully saturated rings. The van der Waals surface area contributed by atoms with Crippen molar-refractivity contribution in [1.82, 2.24) is 9.47 Å². The summed E-state index contributed by atoms with van der Waals surface area (Å²) in [6.07, 6.45) is 5.95. The second-order valence-electron chi connectivity index (χ2n) is 4.88. The second-order valence-corrected chi connectivity index (χ2v) is 5.32. The lowest BCUT2D eigenvalue weighted by Gasteiger charge is -2.35. The number of rotatable bonds is 3. The van der Waals surface area contributed by atoms with E-state index >= 15 is 0 Å². The van der Waals surface area contributed by atoms with Crippen molar-refractivity contribution >= 4 is 17.5 Å². The van der Waals surface area contributed by atoms with Gasteiger partial charge in [0, 0.05) is 25.8 Å². The van der Waals surface area contributed by atoms with Crippen LogP contribution in [0.5, 0.6) is 0 Å². The highest BCUT2D eigenvalue weighted by atomic mass is 35.5. The maximum Gasteiger partial charge on any atom is 0.270 e. The summed E-state index contributed by atoms with van der Waals surface area (Å²) < 4.78 is 1.79. The lowest BCUT2D eigenvalue weighted by atomic mass is 9.99. The summed E-state index contributed by atoms with van der Waals surface area (Å²) in [5.41, 5.74) is 6.29. The fourth-order valence-electron chi connectivity index (χ4n) is 2.64. The minimum atomic E-state index is 0.0718. The molecule has 1 saturated heterocycles. The van der Waals surface area contributed by atoms with Crippen molar-refractivity contribution in [2.24, 2.45) is 12.8 Å². The average Bonchev–Trinajstić information content (AvgIpc) is 2.69. The molecule has 4 nitrogen and oxygen atoms in total. The first kappa shape index (κ1) is 13.4. The van der Waals surface area contributed by atoms with Crippen LogP contribution in [0.25, 0.3) is 0 Å². The number of likely N-dealkylation sites (tertiary alicyclic amines) is 1. The summed E-state index contributed by atoms with van der Waals surface area (Å²) in [4.78, 5) is 14.5. The molecule has 1 aromatic heterocycles. The van der Waals surface area contributed by atoms with E-state index in [1.807, 2.05) is 11.9 Å². The van der Waals surface area contributed by atoms with Gasteiger partial charge >= 0.3 is 0 Å². The van der Waals surface area contributed by atoms with Gasteiger partial charge in [0.25, 0.3) is 5.91 Å². The number of nitrogens with two attached hydrogens (primary N) is 1. The van der Waals surface area contributed by atoms with Crippen LogP contribution in [0.4, 0.5) is 0 Å². The SMILES string of the molecule is Cn1cc(Cl)cc1C(=O)N1CCCCC1CCN. The third-order valence-electron chi connectivity index (χ3n) is 3.58. The molecule has 0 aromatic carbocycles. The van der Waals surface area contributed by atoms with Gasteiger partial charge in [-0.05, 0) is 38.3 Å². The van der Waals surface area contributed by atoms with Crippen molar-refractivity contribution < 1.29 is 4.79 Å². The molecule has 2 heterocycles. The molecule has 0 saturated carbocycles. The number of hydrogen-bond acceptors (Lipinski definition) is 2. The molecule has 2 N–H and O–H groups in total. The van der Waals surface area contributed by atoms with E-state index in [0.29, 0.717) is 17.3 Å². The predicted molar refractivity (Wildman–Crippen MR) is 72.8 cm³/mol. The van der Waals surface area contributed by atoms with Crippen molar-refractivity contribution in [2.75, 3.05) is 13.1 Å². The first-order chi connectivity index (χ1) is 8.63. The van der Waals surface area contributed by atoms with E-state index in [0.717, 1.165) is 25.8 Å². The summed E-state index contributed by atoms with van der Waals surface area (Å²) in [5.74, 6) is 0.0718. The van der Waals surface area contributed by atoms with Gasteiger partial charge in [-0.15, -0.1) is 0 Å². The number of nitrogens with zero attached hydrogens (tertiary/aromatic N) is 2. The van der Waals surface area contributed by atoms with Gasteiger partial charge in [-0.2, -0.15) is 0 Å². The van der Waals surface area contributed by atoms with Gasteiger partial charge in [0.05, 0.1) is 5.02 Å². The largest absolute Gasteiger partial charge is 0.345 e. The smallest absolute Gasteiger partial charge is 0.270 e. The van der Waals surface area contributed by atoms with Gasteiger partial charge in [0.15, 0.2) is 0 Å². The standard InChI is InChI=1S/C13H20ClN3O/c1-16-9-10(14)8-12(16)13(18)17-7-3-2-4-11(17)5-6-15/h8-9,11H,2-7,15H2,1H3. The first-order valence-corrected chi connectivity index (χ1v) is 6.84. The molecular formula is C13H20ClN3O. The van der Waals surface area contributed by atoms with E-state index in [1.54, 1.807) is 16.8 Å². The van der Waals surface area contributed by atoms with Crippen molar-refractivity contribution in [3.63, 3.8) is 0 Å². The monoisotopic (exact) mass is 269 g/mol. The topological polar surface area (TPSA) is 51.3 Å². The van der Waals surface area contributed by atoms with E-state index in [1.165, 1.54) is 6.42 Å². The zero-order valence-electron chi connectivity index (χ0n) is 10.7. The van der Waals surface area contributed by atoms with E-state index in [9.17, 15) is 4.79 Å². The Hall–Kier alpha value is -1.00. The molecule has 1 aromatic rings.